The van der Waals surface area contributed by atoms with Crippen LogP contribution in [-0.2, 0) is 10.3 Å². The van der Waals surface area contributed by atoms with Crippen LogP contribution in [0.3, 0.4) is 0 Å². The van der Waals surface area contributed by atoms with Crippen LogP contribution < -0.4 is 15.4 Å². The molecule has 2 aromatic rings. The summed E-state index contributed by atoms with van der Waals surface area (Å²) in [5.74, 6) is -0.114. The van der Waals surface area contributed by atoms with Crippen LogP contribution in [0.25, 0.3) is 0 Å². The molecule has 1 aromatic heterocycles. The van der Waals surface area contributed by atoms with E-state index in [-0.39, 0.29) is 24.0 Å². The summed E-state index contributed by atoms with van der Waals surface area (Å²) in [6.45, 7) is 5.91. The monoisotopic (exact) mass is 348 g/mol. The normalized spacial score (nSPS) is 13.8. The summed E-state index contributed by atoms with van der Waals surface area (Å²) >= 11 is 6.18. The van der Waals surface area contributed by atoms with E-state index in [0.29, 0.717) is 27.7 Å². The largest absolute Gasteiger partial charge is 0.482 e. The van der Waals surface area contributed by atoms with Crippen LogP contribution in [0, 0.1) is 0 Å². The fourth-order valence-electron chi connectivity index (χ4n) is 2.20. The van der Waals surface area contributed by atoms with Crippen LogP contribution in [0.2, 0.25) is 5.02 Å². The molecule has 0 bridgehead atoms. The first-order valence-corrected chi connectivity index (χ1v) is 7.74. The van der Waals surface area contributed by atoms with E-state index in [9.17, 15) is 9.59 Å². The Kier molecular flexibility index (Phi) is 3.96. The van der Waals surface area contributed by atoms with Gasteiger partial charge in [0.05, 0.1) is 33.7 Å². The highest BCUT2D eigenvalue weighted by molar-refractivity contribution is 6.34. The first-order valence-electron chi connectivity index (χ1n) is 7.37. The van der Waals surface area contributed by atoms with Gasteiger partial charge in [-0.05, 0) is 26.8 Å². The fraction of sp³-hybridized carbons (Fsp3) is 0.312. The smallest absolute Gasteiger partial charge is 0.262 e. The molecule has 2 amide bonds. The van der Waals surface area contributed by atoms with Gasteiger partial charge in [-0.2, -0.15) is 5.10 Å². The summed E-state index contributed by atoms with van der Waals surface area (Å²) < 4.78 is 7.05. The number of carbonyl (C=O) groups is 2. The number of halogens is 1. The molecule has 0 saturated carbocycles. The van der Waals surface area contributed by atoms with Gasteiger partial charge in [-0.15, -0.1) is 0 Å². The minimum Gasteiger partial charge on any atom is -0.482 e. The van der Waals surface area contributed by atoms with Gasteiger partial charge >= 0.3 is 0 Å². The van der Waals surface area contributed by atoms with Crippen molar-refractivity contribution in [1.82, 2.24) is 9.78 Å². The van der Waals surface area contributed by atoms with Gasteiger partial charge < -0.3 is 15.4 Å². The lowest BCUT2D eigenvalue weighted by Gasteiger charge is -2.19. The molecule has 0 spiro atoms. The van der Waals surface area contributed by atoms with Crippen LogP contribution in [-0.4, -0.2) is 28.2 Å². The Balaban J connectivity index is 1.82. The van der Waals surface area contributed by atoms with E-state index < -0.39 is 0 Å². The third-order valence-corrected chi connectivity index (χ3v) is 3.80. The van der Waals surface area contributed by atoms with Crippen molar-refractivity contribution < 1.29 is 14.3 Å². The SMILES string of the molecule is CC(C)(C)n1cc(C(=O)Nc2cc3c(cc2Cl)NC(=O)CO3)cn1. The molecule has 0 fully saturated rings. The van der Waals surface area contributed by atoms with Crippen molar-refractivity contribution in [3.8, 4) is 5.75 Å². The van der Waals surface area contributed by atoms with Crippen LogP contribution in [0.5, 0.6) is 5.75 Å². The molecular weight excluding hydrogens is 332 g/mol. The number of aromatic nitrogens is 2. The number of nitrogens with zero attached hydrogens (tertiary/aromatic N) is 2. The number of carbonyl (C=O) groups excluding carboxylic acids is 2. The first-order chi connectivity index (χ1) is 11.2. The van der Waals surface area contributed by atoms with Crippen LogP contribution in [0.1, 0.15) is 31.1 Å². The Morgan fingerprint density at radius 2 is 2.17 bits per heavy atom. The lowest BCUT2D eigenvalue weighted by Crippen LogP contribution is -2.25. The predicted octanol–water partition coefficient (Wildman–Crippen LogP) is 2.87. The number of fused-ring (bicyclic) bond motifs is 1. The van der Waals surface area contributed by atoms with Crippen molar-refractivity contribution in [3.63, 3.8) is 0 Å². The van der Waals surface area contributed by atoms with E-state index in [4.69, 9.17) is 16.3 Å². The maximum absolute atomic E-state index is 12.4. The standard InChI is InChI=1S/C16H17ClN4O3/c1-16(2,3)21-7-9(6-18-21)15(23)20-11-5-13-12(4-10(11)17)19-14(22)8-24-13/h4-7H,8H2,1-3H3,(H,19,22)(H,20,23). The number of amides is 2. The molecular formula is C16H17ClN4O3. The molecule has 0 unspecified atom stereocenters. The summed E-state index contributed by atoms with van der Waals surface area (Å²) in [6, 6.07) is 3.13. The van der Waals surface area contributed by atoms with Gasteiger partial charge in [-0.3, -0.25) is 14.3 Å². The molecule has 3 rings (SSSR count). The Labute approximate surface area is 143 Å². The average molecular weight is 349 g/mol. The number of hydrogen-bond donors (Lipinski definition) is 2. The van der Waals surface area contributed by atoms with E-state index >= 15 is 0 Å². The molecule has 1 aliphatic rings. The minimum absolute atomic E-state index is 0.0691. The molecule has 2 N–H and O–H groups in total. The predicted molar refractivity (Wildman–Crippen MR) is 90.8 cm³/mol. The molecule has 1 aliphatic heterocycles. The quantitative estimate of drug-likeness (QED) is 0.873. The van der Waals surface area contributed by atoms with Crippen molar-refractivity contribution >= 4 is 34.8 Å². The molecule has 2 heterocycles. The number of anilines is 2. The van der Waals surface area contributed by atoms with Gasteiger partial charge in [0.15, 0.2) is 6.61 Å². The second kappa shape index (κ2) is 5.83. The van der Waals surface area contributed by atoms with Crippen LogP contribution in [0.4, 0.5) is 11.4 Å². The lowest BCUT2D eigenvalue weighted by molar-refractivity contribution is -0.118. The van der Waals surface area contributed by atoms with Crippen molar-refractivity contribution in [2.24, 2.45) is 0 Å². The summed E-state index contributed by atoms with van der Waals surface area (Å²) in [4.78, 5) is 23.7. The summed E-state index contributed by atoms with van der Waals surface area (Å²) in [5, 5.41) is 9.90. The second-order valence-electron chi connectivity index (χ2n) is 6.46. The van der Waals surface area contributed by atoms with E-state index in [1.165, 1.54) is 6.20 Å². The van der Waals surface area contributed by atoms with Gasteiger partial charge in [0.2, 0.25) is 0 Å². The number of nitrogens with one attached hydrogen (secondary N) is 2. The average Bonchev–Trinajstić information content (AvgIpc) is 2.98. The van der Waals surface area contributed by atoms with Crippen molar-refractivity contribution in [2.45, 2.75) is 26.3 Å². The third kappa shape index (κ3) is 3.21. The Bertz CT molecular complexity index is 823. The van der Waals surface area contributed by atoms with E-state index in [1.807, 2.05) is 20.8 Å². The molecule has 0 radical (unpaired) electrons. The van der Waals surface area contributed by atoms with Crippen LogP contribution >= 0.6 is 11.6 Å². The maximum Gasteiger partial charge on any atom is 0.262 e. The van der Waals surface area contributed by atoms with Gasteiger partial charge in [-0.25, -0.2) is 0 Å². The molecule has 0 saturated heterocycles. The zero-order chi connectivity index (χ0) is 17.5. The van der Waals surface area contributed by atoms with Crippen molar-refractivity contribution in [3.05, 3.63) is 35.1 Å². The van der Waals surface area contributed by atoms with Gasteiger partial charge in [0.1, 0.15) is 5.75 Å². The van der Waals surface area contributed by atoms with Gasteiger partial charge in [-0.1, -0.05) is 11.6 Å². The second-order valence-corrected chi connectivity index (χ2v) is 6.87. The zero-order valence-electron chi connectivity index (χ0n) is 13.5. The highest BCUT2D eigenvalue weighted by atomic mass is 35.5. The summed E-state index contributed by atoms with van der Waals surface area (Å²) in [7, 11) is 0. The van der Waals surface area contributed by atoms with Crippen molar-refractivity contribution in [2.75, 3.05) is 17.2 Å². The van der Waals surface area contributed by atoms with E-state index in [2.05, 4.69) is 15.7 Å². The first kappa shape index (κ1) is 16.3. The molecule has 7 nitrogen and oxygen atoms in total. The summed E-state index contributed by atoms with van der Waals surface area (Å²) in [6.07, 6.45) is 3.18. The Morgan fingerprint density at radius 1 is 1.42 bits per heavy atom. The molecule has 126 valence electrons. The molecule has 0 aliphatic carbocycles. The van der Waals surface area contributed by atoms with Crippen LogP contribution in [0.15, 0.2) is 24.5 Å². The Morgan fingerprint density at radius 3 is 2.83 bits per heavy atom. The highest BCUT2D eigenvalue weighted by Crippen LogP contribution is 2.36. The molecule has 1 aromatic carbocycles. The maximum atomic E-state index is 12.4. The molecule has 24 heavy (non-hydrogen) atoms. The molecule has 0 atom stereocenters. The number of hydrogen-bond acceptors (Lipinski definition) is 4. The fourth-order valence-corrected chi connectivity index (χ4v) is 2.41. The summed E-state index contributed by atoms with van der Waals surface area (Å²) in [5.41, 5.74) is 1.09. The minimum atomic E-state index is -0.327. The van der Waals surface area contributed by atoms with Gasteiger partial charge in [0, 0.05) is 12.3 Å². The van der Waals surface area contributed by atoms with Crippen molar-refractivity contribution in [1.29, 1.82) is 0 Å². The third-order valence-electron chi connectivity index (χ3n) is 3.48. The lowest BCUT2D eigenvalue weighted by atomic mass is 10.1. The van der Waals surface area contributed by atoms with E-state index in [1.54, 1.807) is 23.0 Å². The van der Waals surface area contributed by atoms with E-state index in [0.717, 1.165) is 0 Å². The number of ether oxygens (including phenoxy) is 1. The number of benzene rings is 1. The Hall–Kier alpha value is -2.54. The van der Waals surface area contributed by atoms with Gasteiger partial charge in [0.25, 0.3) is 11.8 Å². The highest BCUT2D eigenvalue weighted by Gasteiger charge is 2.21. The zero-order valence-corrected chi connectivity index (χ0v) is 14.3. The molecule has 8 heteroatoms. The topological polar surface area (TPSA) is 85.2 Å². The number of rotatable bonds is 2.